The molecule has 0 saturated heterocycles. The fourth-order valence-electron chi connectivity index (χ4n) is 1.43. The average molecular weight is 348 g/mol. The van der Waals surface area contributed by atoms with Crippen LogP contribution in [0, 0.1) is 0 Å². The topological polar surface area (TPSA) is 44.4 Å². The van der Waals surface area contributed by atoms with Gasteiger partial charge in [0, 0.05) is 36.8 Å². The minimum Gasteiger partial charge on any atom is -0.321 e. The third-order valence-electron chi connectivity index (χ3n) is 2.49. The highest BCUT2D eigenvalue weighted by Crippen LogP contribution is 2.22. The maximum absolute atomic E-state index is 12.5. The number of para-hydroxylation sites is 1. The molecule has 0 aliphatic carbocycles. The summed E-state index contributed by atoms with van der Waals surface area (Å²) in [6, 6.07) is 6.98. The van der Waals surface area contributed by atoms with E-state index in [4.69, 9.17) is 0 Å². The number of alkyl halides is 2. The van der Waals surface area contributed by atoms with Crippen LogP contribution in [0.5, 0.6) is 0 Å². The van der Waals surface area contributed by atoms with Gasteiger partial charge in [-0.3, -0.25) is 4.79 Å². The van der Waals surface area contributed by atoms with Crippen LogP contribution in [0.15, 0.2) is 40.5 Å². The summed E-state index contributed by atoms with van der Waals surface area (Å²) < 4.78 is 25.8. The van der Waals surface area contributed by atoms with Crippen LogP contribution < -0.4 is 10.7 Å². The van der Waals surface area contributed by atoms with Crippen LogP contribution in [0.2, 0.25) is 0 Å². The lowest BCUT2D eigenvalue weighted by Gasteiger charge is -2.16. The standard InChI is InChI=1S/C13H16BrF2N3O/c1-17-19(2)8-9(7-12(15)16)13(20)18-11-6-4-3-5-10(11)14/h3-6,8,12,17H,7H2,1-2H3,(H,18,20)/b9-8+. The second kappa shape index (κ2) is 7.96. The molecule has 0 aliphatic rings. The lowest BCUT2D eigenvalue weighted by molar-refractivity contribution is -0.113. The van der Waals surface area contributed by atoms with Crippen molar-refractivity contribution in [3.05, 3.63) is 40.5 Å². The first kappa shape index (κ1) is 16.6. The van der Waals surface area contributed by atoms with Crippen LogP contribution in [0.1, 0.15) is 6.42 Å². The zero-order chi connectivity index (χ0) is 15.1. The summed E-state index contributed by atoms with van der Waals surface area (Å²) in [6.07, 6.45) is -1.85. The molecule has 1 amide bonds. The number of nitrogens with one attached hydrogen (secondary N) is 2. The Kier molecular flexibility index (Phi) is 6.60. The van der Waals surface area contributed by atoms with E-state index in [0.717, 1.165) is 0 Å². The van der Waals surface area contributed by atoms with Crippen molar-refractivity contribution in [1.82, 2.24) is 10.4 Å². The van der Waals surface area contributed by atoms with Crippen molar-refractivity contribution < 1.29 is 13.6 Å². The number of carbonyl (C=O) groups excluding carboxylic acids is 1. The predicted octanol–water partition coefficient (Wildman–Crippen LogP) is 2.99. The van der Waals surface area contributed by atoms with Crippen molar-refractivity contribution in [2.24, 2.45) is 0 Å². The summed E-state index contributed by atoms with van der Waals surface area (Å²) in [4.78, 5) is 12.1. The van der Waals surface area contributed by atoms with Gasteiger partial charge in [0.05, 0.1) is 5.69 Å². The molecule has 4 nitrogen and oxygen atoms in total. The number of hydrogen-bond donors (Lipinski definition) is 2. The van der Waals surface area contributed by atoms with E-state index >= 15 is 0 Å². The van der Waals surface area contributed by atoms with E-state index in [1.807, 2.05) is 0 Å². The maximum atomic E-state index is 12.5. The van der Waals surface area contributed by atoms with E-state index in [2.05, 4.69) is 26.7 Å². The molecule has 2 N–H and O–H groups in total. The molecule has 0 heterocycles. The van der Waals surface area contributed by atoms with E-state index in [0.29, 0.717) is 10.2 Å². The van der Waals surface area contributed by atoms with Crippen LogP contribution >= 0.6 is 15.9 Å². The van der Waals surface area contributed by atoms with Gasteiger partial charge < -0.3 is 10.3 Å². The van der Waals surface area contributed by atoms with Gasteiger partial charge in [0.25, 0.3) is 5.91 Å². The molecule has 0 atom stereocenters. The average Bonchev–Trinajstić information content (AvgIpc) is 2.39. The molecule has 0 aliphatic heterocycles. The zero-order valence-corrected chi connectivity index (χ0v) is 12.7. The first-order valence-corrected chi connectivity index (χ1v) is 6.68. The first-order chi connectivity index (χ1) is 9.43. The number of hydrazine groups is 1. The molecule has 0 unspecified atom stereocenters. The second-order valence-electron chi connectivity index (χ2n) is 4.02. The zero-order valence-electron chi connectivity index (χ0n) is 11.2. The molecular weight excluding hydrogens is 332 g/mol. The van der Waals surface area contributed by atoms with E-state index in [1.54, 1.807) is 38.4 Å². The summed E-state index contributed by atoms with van der Waals surface area (Å²) in [5.41, 5.74) is 3.25. The van der Waals surface area contributed by atoms with Crippen molar-refractivity contribution >= 4 is 27.5 Å². The third-order valence-corrected chi connectivity index (χ3v) is 3.18. The van der Waals surface area contributed by atoms with Crippen LogP contribution in [-0.2, 0) is 4.79 Å². The van der Waals surface area contributed by atoms with E-state index in [1.165, 1.54) is 11.2 Å². The minimum atomic E-state index is -2.59. The van der Waals surface area contributed by atoms with Gasteiger partial charge in [-0.05, 0) is 28.1 Å². The highest BCUT2D eigenvalue weighted by molar-refractivity contribution is 9.10. The number of benzene rings is 1. The van der Waals surface area contributed by atoms with E-state index < -0.39 is 18.8 Å². The van der Waals surface area contributed by atoms with Gasteiger partial charge in [-0.1, -0.05) is 12.1 Å². The number of anilines is 1. The molecule has 0 spiro atoms. The van der Waals surface area contributed by atoms with Crippen molar-refractivity contribution in [2.75, 3.05) is 19.4 Å². The molecule has 0 bridgehead atoms. The van der Waals surface area contributed by atoms with Crippen LogP contribution in [0.3, 0.4) is 0 Å². The molecule has 1 rings (SSSR count). The van der Waals surface area contributed by atoms with Gasteiger partial charge >= 0.3 is 0 Å². The number of rotatable bonds is 6. The van der Waals surface area contributed by atoms with Gasteiger partial charge in [-0.2, -0.15) is 0 Å². The van der Waals surface area contributed by atoms with Gasteiger partial charge in [0.2, 0.25) is 6.43 Å². The van der Waals surface area contributed by atoms with Crippen LogP contribution in [0.4, 0.5) is 14.5 Å². The molecule has 1 aromatic rings. The Bertz CT molecular complexity index is 494. The summed E-state index contributed by atoms with van der Waals surface area (Å²) in [7, 11) is 3.25. The van der Waals surface area contributed by atoms with Gasteiger partial charge in [-0.25, -0.2) is 14.2 Å². The minimum absolute atomic E-state index is 0.00685. The SMILES string of the molecule is CNN(C)/C=C(\CC(F)F)C(=O)Nc1ccccc1Br. The van der Waals surface area contributed by atoms with Gasteiger partial charge in [-0.15, -0.1) is 0 Å². The summed E-state index contributed by atoms with van der Waals surface area (Å²) >= 11 is 3.28. The molecule has 20 heavy (non-hydrogen) atoms. The number of amides is 1. The van der Waals surface area contributed by atoms with Crippen molar-refractivity contribution in [2.45, 2.75) is 12.8 Å². The molecule has 0 aromatic heterocycles. The number of carbonyl (C=O) groups is 1. The Hall–Kier alpha value is -1.47. The molecule has 110 valence electrons. The smallest absolute Gasteiger partial charge is 0.253 e. The number of halogens is 3. The quantitative estimate of drug-likeness (QED) is 0.614. The Balaban J connectivity index is 2.88. The lowest BCUT2D eigenvalue weighted by atomic mass is 10.2. The van der Waals surface area contributed by atoms with E-state index in [9.17, 15) is 13.6 Å². The Labute approximate surface area is 124 Å². The summed E-state index contributed by atoms with van der Waals surface area (Å²) in [6.45, 7) is 0. The monoisotopic (exact) mass is 347 g/mol. The molecular formula is C13H16BrF2N3O. The fourth-order valence-corrected chi connectivity index (χ4v) is 1.82. The Morgan fingerprint density at radius 2 is 2.10 bits per heavy atom. The van der Waals surface area contributed by atoms with E-state index in [-0.39, 0.29) is 5.57 Å². The van der Waals surface area contributed by atoms with Crippen LogP contribution in [-0.4, -0.2) is 31.4 Å². The molecule has 0 fully saturated rings. The summed E-state index contributed by atoms with van der Waals surface area (Å²) in [5, 5.41) is 4.05. The number of nitrogens with zero attached hydrogens (tertiary/aromatic N) is 1. The second-order valence-corrected chi connectivity index (χ2v) is 4.87. The molecule has 0 radical (unpaired) electrons. The fraction of sp³-hybridized carbons (Fsp3) is 0.308. The summed E-state index contributed by atoms with van der Waals surface area (Å²) in [5.74, 6) is -0.556. The Morgan fingerprint density at radius 3 is 2.65 bits per heavy atom. The normalized spacial score (nSPS) is 11.6. The van der Waals surface area contributed by atoms with Crippen molar-refractivity contribution in [3.63, 3.8) is 0 Å². The molecule has 0 saturated carbocycles. The highest BCUT2D eigenvalue weighted by atomic mass is 79.9. The lowest BCUT2D eigenvalue weighted by Crippen LogP contribution is -2.28. The Morgan fingerprint density at radius 1 is 1.45 bits per heavy atom. The third kappa shape index (κ3) is 5.26. The predicted molar refractivity (Wildman–Crippen MR) is 78.3 cm³/mol. The number of hydrogen-bond acceptors (Lipinski definition) is 3. The van der Waals surface area contributed by atoms with Crippen LogP contribution in [0.25, 0.3) is 0 Å². The highest BCUT2D eigenvalue weighted by Gasteiger charge is 2.16. The van der Waals surface area contributed by atoms with Crippen molar-refractivity contribution in [1.29, 1.82) is 0 Å². The molecule has 1 aromatic carbocycles. The molecule has 7 heteroatoms. The van der Waals surface area contributed by atoms with Gasteiger partial charge in [0.15, 0.2) is 0 Å². The van der Waals surface area contributed by atoms with Crippen molar-refractivity contribution in [3.8, 4) is 0 Å². The largest absolute Gasteiger partial charge is 0.321 e. The maximum Gasteiger partial charge on any atom is 0.253 e. The first-order valence-electron chi connectivity index (χ1n) is 5.89. The van der Waals surface area contributed by atoms with Gasteiger partial charge in [0.1, 0.15) is 0 Å².